The average molecular weight is 430 g/mol. The van der Waals surface area contributed by atoms with Crippen molar-refractivity contribution in [2.24, 2.45) is 0 Å². The topological polar surface area (TPSA) is 113 Å². The molecule has 7 nitrogen and oxygen atoms in total. The lowest BCUT2D eigenvalue weighted by molar-refractivity contribution is -0.139. The molecule has 0 aliphatic rings. The maximum atomic E-state index is 12.7. The normalized spacial score (nSPS) is 11.3. The Morgan fingerprint density at radius 3 is 2.03 bits per heavy atom. The molecule has 0 aliphatic heterocycles. The highest BCUT2D eigenvalue weighted by atomic mass is 16.4. The zero-order valence-electron chi connectivity index (χ0n) is 17.4. The quantitative estimate of drug-likeness (QED) is 0.475. The molecule has 3 aromatic rings. The summed E-state index contributed by atoms with van der Waals surface area (Å²) in [4.78, 5) is 48.3. The van der Waals surface area contributed by atoms with Gasteiger partial charge in [0.1, 0.15) is 6.04 Å². The number of anilines is 1. The minimum atomic E-state index is -1.19. The Labute approximate surface area is 185 Å². The van der Waals surface area contributed by atoms with Crippen LogP contribution in [0.2, 0.25) is 0 Å². The molecule has 162 valence electrons. The Morgan fingerprint density at radius 1 is 0.812 bits per heavy atom. The lowest BCUT2D eigenvalue weighted by Crippen LogP contribution is -2.42. The first-order chi connectivity index (χ1) is 15.3. The largest absolute Gasteiger partial charge is 0.480 e. The Morgan fingerprint density at radius 2 is 1.41 bits per heavy atom. The van der Waals surface area contributed by atoms with Gasteiger partial charge in [0.25, 0.3) is 5.91 Å². The zero-order valence-corrected chi connectivity index (χ0v) is 17.4. The number of rotatable bonds is 8. The summed E-state index contributed by atoms with van der Waals surface area (Å²) >= 11 is 0. The lowest BCUT2D eigenvalue weighted by Gasteiger charge is -2.16. The van der Waals surface area contributed by atoms with Crippen molar-refractivity contribution in [3.8, 4) is 0 Å². The molecule has 0 unspecified atom stereocenters. The van der Waals surface area contributed by atoms with Gasteiger partial charge in [-0.1, -0.05) is 66.7 Å². The van der Waals surface area contributed by atoms with Gasteiger partial charge in [0.15, 0.2) is 5.78 Å². The molecule has 32 heavy (non-hydrogen) atoms. The van der Waals surface area contributed by atoms with E-state index < -0.39 is 17.9 Å². The van der Waals surface area contributed by atoms with Crippen molar-refractivity contribution in [3.63, 3.8) is 0 Å². The molecule has 3 rings (SSSR count). The second-order valence-electron chi connectivity index (χ2n) is 7.19. The number of hydrogen-bond acceptors (Lipinski definition) is 4. The van der Waals surface area contributed by atoms with Gasteiger partial charge >= 0.3 is 5.97 Å². The molecule has 0 heterocycles. The molecule has 3 aromatic carbocycles. The van der Waals surface area contributed by atoms with Crippen LogP contribution in [0.1, 0.15) is 38.8 Å². The highest BCUT2D eigenvalue weighted by molar-refractivity contribution is 6.09. The van der Waals surface area contributed by atoms with E-state index in [1.165, 1.54) is 13.0 Å². The fourth-order valence-electron chi connectivity index (χ4n) is 3.20. The summed E-state index contributed by atoms with van der Waals surface area (Å²) in [5, 5.41) is 14.7. The van der Waals surface area contributed by atoms with Gasteiger partial charge in [0.05, 0.1) is 11.3 Å². The van der Waals surface area contributed by atoms with Crippen molar-refractivity contribution < 1.29 is 24.3 Å². The number of ketones is 1. The molecule has 2 amide bonds. The predicted octanol–water partition coefficient (Wildman–Crippen LogP) is 3.30. The van der Waals surface area contributed by atoms with Gasteiger partial charge in [-0.3, -0.25) is 14.4 Å². The van der Waals surface area contributed by atoms with Crippen LogP contribution >= 0.6 is 0 Å². The van der Waals surface area contributed by atoms with Gasteiger partial charge in [0, 0.05) is 24.5 Å². The van der Waals surface area contributed by atoms with Crippen LogP contribution < -0.4 is 10.6 Å². The predicted molar refractivity (Wildman–Crippen MR) is 120 cm³/mol. The number of benzene rings is 3. The van der Waals surface area contributed by atoms with Crippen LogP contribution in [-0.4, -0.2) is 34.7 Å². The highest BCUT2D eigenvalue weighted by Gasteiger charge is 2.23. The van der Waals surface area contributed by atoms with Crippen LogP contribution in [0.4, 0.5) is 5.69 Å². The Kier molecular flexibility index (Phi) is 7.13. The summed E-state index contributed by atoms with van der Waals surface area (Å²) in [6.45, 7) is 1.32. The van der Waals surface area contributed by atoms with E-state index in [9.17, 15) is 24.3 Å². The Balaban J connectivity index is 1.72. The molecular formula is C25H22N2O5. The maximum Gasteiger partial charge on any atom is 0.326 e. The van der Waals surface area contributed by atoms with Crippen molar-refractivity contribution >= 4 is 29.3 Å². The first-order valence-corrected chi connectivity index (χ1v) is 9.94. The second-order valence-corrected chi connectivity index (χ2v) is 7.19. The molecule has 1 atom stereocenters. The molecule has 0 aromatic heterocycles. The molecule has 0 saturated carbocycles. The van der Waals surface area contributed by atoms with Gasteiger partial charge in [-0.05, 0) is 17.7 Å². The van der Waals surface area contributed by atoms with E-state index in [2.05, 4.69) is 10.6 Å². The summed E-state index contributed by atoms with van der Waals surface area (Å²) in [6.07, 6.45) is 0.0309. The maximum absolute atomic E-state index is 12.7. The SMILES string of the molecule is CC(=O)Nc1ccccc1C(=O)N[C@@H](Cc1ccc(C(=O)c2ccccc2)cc1)C(=O)O. The monoisotopic (exact) mass is 430 g/mol. The third-order valence-electron chi connectivity index (χ3n) is 4.78. The molecular weight excluding hydrogens is 408 g/mol. The smallest absolute Gasteiger partial charge is 0.326 e. The first kappa shape index (κ1) is 22.4. The van der Waals surface area contributed by atoms with E-state index in [4.69, 9.17) is 0 Å². The number of hydrogen-bond donors (Lipinski definition) is 3. The number of para-hydroxylation sites is 1. The number of nitrogens with one attached hydrogen (secondary N) is 2. The van der Waals surface area contributed by atoms with Crippen molar-refractivity contribution in [2.75, 3.05) is 5.32 Å². The molecule has 0 radical (unpaired) electrons. The standard InChI is InChI=1S/C25H22N2O5/c1-16(28)26-21-10-6-5-9-20(21)24(30)27-22(25(31)32)15-17-11-13-19(14-12-17)23(29)18-7-3-2-4-8-18/h2-14,22H,15H2,1H3,(H,26,28)(H,27,30)(H,31,32)/t22-/m0/s1. The number of carbonyl (C=O) groups is 4. The lowest BCUT2D eigenvalue weighted by atomic mass is 9.99. The van der Waals surface area contributed by atoms with E-state index in [1.807, 2.05) is 6.07 Å². The minimum Gasteiger partial charge on any atom is -0.480 e. The number of carbonyl (C=O) groups excluding carboxylic acids is 3. The van der Waals surface area contributed by atoms with Crippen LogP contribution in [0.15, 0.2) is 78.9 Å². The molecule has 0 saturated heterocycles. The van der Waals surface area contributed by atoms with E-state index in [0.717, 1.165) is 0 Å². The van der Waals surface area contributed by atoms with Gasteiger partial charge in [-0.2, -0.15) is 0 Å². The molecule has 0 aliphatic carbocycles. The van der Waals surface area contributed by atoms with Gasteiger partial charge in [-0.25, -0.2) is 4.79 Å². The molecule has 0 fully saturated rings. The van der Waals surface area contributed by atoms with Gasteiger partial charge < -0.3 is 15.7 Å². The number of carboxylic acids is 1. The zero-order chi connectivity index (χ0) is 23.1. The number of amides is 2. The van der Waals surface area contributed by atoms with E-state index in [-0.39, 0.29) is 23.7 Å². The highest BCUT2D eigenvalue weighted by Crippen LogP contribution is 2.16. The summed E-state index contributed by atoms with van der Waals surface area (Å²) in [7, 11) is 0. The summed E-state index contributed by atoms with van der Waals surface area (Å²) in [5.41, 5.74) is 2.16. The van der Waals surface area contributed by atoms with Crippen molar-refractivity contribution in [2.45, 2.75) is 19.4 Å². The third kappa shape index (κ3) is 5.66. The van der Waals surface area contributed by atoms with Crippen molar-refractivity contribution in [1.29, 1.82) is 0 Å². The second kappa shape index (κ2) is 10.2. The Hall–Kier alpha value is -4.26. The molecule has 3 N–H and O–H groups in total. The van der Waals surface area contributed by atoms with Crippen LogP contribution in [0.5, 0.6) is 0 Å². The van der Waals surface area contributed by atoms with Gasteiger partial charge in [-0.15, -0.1) is 0 Å². The summed E-state index contributed by atoms with van der Waals surface area (Å²) < 4.78 is 0. The van der Waals surface area contributed by atoms with Crippen molar-refractivity contribution in [1.82, 2.24) is 5.32 Å². The van der Waals surface area contributed by atoms with Crippen LogP contribution in [0, 0.1) is 0 Å². The van der Waals surface area contributed by atoms with Crippen molar-refractivity contribution in [3.05, 3.63) is 101 Å². The minimum absolute atomic E-state index is 0.0309. The van der Waals surface area contributed by atoms with Crippen LogP contribution in [0.3, 0.4) is 0 Å². The Bertz CT molecular complexity index is 1140. The number of carboxylic acid groups (broad SMARTS) is 1. The number of aliphatic carboxylic acids is 1. The molecule has 0 spiro atoms. The fourth-order valence-corrected chi connectivity index (χ4v) is 3.20. The third-order valence-corrected chi connectivity index (χ3v) is 4.78. The average Bonchev–Trinajstić information content (AvgIpc) is 2.79. The van der Waals surface area contributed by atoms with E-state index in [0.29, 0.717) is 22.4 Å². The molecule has 7 heteroatoms. The van der Waals surface area contributed by atoms with E-state index >= 15 is 0 Å². The first-order valence-electron chi connectivity index (χ1n) is 9.94. The molecule has 0 bridgehead atoms. The van der Waals surface area contributed by atoms with Gasteiger partial charge in [0.2, 0.25) is 5.91 Å². The summed E-state index contributed by atoms with van der Waals surface area (Å²) in [6, 6.07) is 20.6. The summed E-state index contributed by atoms with van der Waals surface area (Å²) in [5.74, 6) is -2.28. The fraction of sp³-hybridized carbons (Fsp3) is 0.120. The van der Waals surface area contributed by atoms with E-state index in [1.54, 1.807) is 66.7 Å². The van der Waals surface area contributed by atoms with Crippen LogP contribution in [0.25, 0.3) is 0 Å². The van der Waals surface area contributed by atoms with Crippen LogP contribution in [-0.2, 0) is 16.0 Å².